The summed E-state index contributed by atoms with van der Waals surface area (Å²) in [4.78, 5) is 10.8. The molecule has 1 aromatic heterocycles. The van der Waals surface area contributed by atoms with Gasteiger partial charge in [0.05, 0.1) is 0 Å². The van der Waals surface area contributed by atoms with Crippen molar-refractivity contribution < 1.29 is 23.8 Å². The molecule has 1 saturated heterocycles. The lowest BCUT2D eigenvalue weighted by atomic mass is 10.2. The van der Waals surface area contributed by atoms with Gasteiger partial charge in [0, 0.05) is 24.2 Å². The van der Waals surface area contributed by atoms with Crippen LogP contribution in [0.1, 0.15) is 16.3 Å². The Morgan fingerprint density at radius 3 is 2.77 bits per heavy atom. The van der Waals surface area contributed by atoms with E-state index in [1.54, 1.807) is 24.3 Å². The van der Waals surface area contributed by atoms with Crippen molar-refractivity contribution in [1.29, 1.82) is 0 Å². The summed E-state index contributed by atoms with van der Waals surface area (Å²) in [6.07, 6.45) is 0.100. The van der Waals surface area contributed by atoms with Gasteiger partial charge in [-0.05, 0) is 24.3 Å². The van der Waals surface area contributed by atoms with E-state index in [0.717, 1.165) is 13.1 Å². The molecule has 0 saturated carbocycles. The first-order valence-corrected chi connectivity index (χ1v) is 7.11. The predicted octanol–water partition coefficient (Wildman–Crippen LogP) is 2.56. The van der Waals surface area contributed by atoms with Gasteiger partial charge in [-0.1, -0.05) is 11.6 Å². The zero-order valence-corrected chi connectivity index (χ0v) is 12.3. The normalized spacial score (nSPS) is 14.4. The van der Waals surface area contributed by atoms with Crippen LogP contribution in [0.2, 0.25) is 5.02 Å². The quantitative estimate of drug-likeness (QED) is 0.850. The molecule has 0 unspecified atom stereocenters. The van der Waals surface area contributed by atoms with Gasteiger partial charge in [0.1, 0.15) is 18.5 Å². The number of hydrogen-bond acceptors (Lipinski definition) is 5. The van der Waals surface area contributed by atoms with Crippen LogP contribution < -0.4 is 14.8 Å². The Labute approximate surface area is 131 Å². The van der Waals surface area contributed by atoms with Gasteiger partial charge in [-0.25, -0.2) is 4.79 Å². The van der Waals surface area contributed by atoms with Crippen LogP contribution >= 0.6 is 11.6 Å². The standard InChI is InChI=1S/C15H14ClNO5/c16-9-1-3-12(14(5-9)22-11-6-17-7-11)20-8-10-2-4-13(21-10)15(18)19/h1-5,11,17H,6-8H2,(H,18,19). The maximum absolute atomic E-state index is 10.8. The number of furan rings is 1. The molecule has 2 aromatic rings. The summed E-state index contributed by atoms with van der Waals surface area (Å²) in [5.41, 5.74) is 0. The van der Waals surface area contributed by atoms with Crippen LogP contribution in [-0.4, -0.2) is 30.3 Å². The second-order valence-corrected chi connectivity index (χ2v) is 5.29. The van der Waals surface area contributed by atoms with Crippen LogP contribution in [0.4, 0.5) is 0 Å². The van der Waals surface area contributed by atoms with Crippen molar-refractivity contribution in [1.82, 2.24) is 5.32 Å². The number of carbonyl (C=O) groups is 1. The fraction of sp³-hybridized carbons (Fsp3) is 0.267. The van der Waals surface area contributed by atoms with Crippen LogP contribution in [0, 0.1) is 0 Å². The molecule has 2 N–H and O–H groups in total. The van der Waals surface area contributed by atoms with Crippen molar-refractivity contribution in [3.63, 3.8) is 0 Å². The molecule has 0 radical (unpaired) electrons. The molecule has 2 heterocycles. The number of carboxylic acid groups (broad SMARTS) is 1. The Morgan fingerprint density at radius 2 is 2.14 bits per heavy atom. The SMILES string of the molecule is O=C(O)c1ccc(COc2ccc(Cl)cc2OC2CNC2)o1. The zero-order chi connectivity index (χ0) is 15.5. The molecule has 22 heavy (non-hydrogen) atoms. The van der Waals surface area contributed by atoms with E-state index in [9.17, 15) is 4.79 Å². The van der Waals surface area contributed by atoms with E-state index < -0.39 is 5.97 Å². The molecule has 1 aliphatic rings. The summed E-state index contributed by atoms with van der Waals surface area (Å²) in [7, 11) is 0. The van der Waals surface area contributed by atoms with Crippen molar-refractivity contribution >= 4 is 17.6 Å². The van der Waals surface area contributed by atoms with Crippen molar-refractivity contribution in [2.75, 3.05) is 13.1 Å². The molecule has 1 aliphatic heterocycles. The van der Waals surface area contributed by atoms with Gasteiger partial charge < -0.3 is 24.3 Å². The van der Waals surface area contributed by atoms with Crippen molar-refractivity contribution in [3.8, 4) is 11.5 Å². The third-order valence-electron chi connectivity index (χ3n) is 3.19. The Morgan fingerprint density at radius 1 is 1.32 bits per heavy atom. The number of halogens is 1. The van der Waals surface area contributed by atoms with Gasteiger partial charge in [0.2, 0.25) is 5.76 Å². The lowest BCUT2D eigenvalue weighted by Crippen LogP contribution is -2.50. The minimum absolute atomic E-state index is 0.100. The number of benzene rings is 1. The fourth-order valence-corrected chi connectivity index (χ4v) is 2.10. The largest absolute Gasteiger partial charge is 0.484 e. The lowest BCUT2D eigenvalue weighted by Gasteiger charge is -2.28. The second-order valence-electron chi connectivity index (χ2n) is 4.85. The highest BCUT2D eigenvalue weighted by atomic mass is 35.5. The molecule has 3 rings (SSSR count). The summed E-state index contributed by atoms with van der Waals surface area (Å²) in [6, 6.07) is 8.06. The van der Waals surface area contributed by atoms with Crippen LogP contribution in [0.5, 0.6) is 11.5 Å². The molecule has 0 spiro atoms. The molecule has 0 amide bonds. The first-order valence-electron chi connectivity index (χ1n) is 6.73. The van der Waals surface area contributed by atoms with Gasteiger partial charge in [0.15, 0.2) is 11.5 Å². The highest BCUT2D eigenvalue weighted by molar-refractivity contribution is 6.30. The molecular formula is C15H14ClNO5. The van der Waals surface area contributed by atoms with E-state index in [1.807, 2.05) is 0 Å². The molecule has 0 aliphatic carbocycles. The topological polar surface area (TPSA) is 80.9 Å². The predicted molar refractivity (Wildman–Crippen MR) is 78.7 cm³/mol. The van der Waals surface area contributed by atoms with Crippen LogP contribution in [0.3, 0.4) is 0 Å². The van der Waals surface area contributed by atoms with E-state index in [-0.39, 0.29) is 18.5 Å². The fourth-order valence-electron chi connectivity index (χ4n) is 1.94. The molecule has 6 nitrogen and oxygen atoms in total. The van der Waals surface area contributed by atoms with Gasteiger partial charge in [-0.15, -0.1) is 0 Å². The van der Waals surface area contributed by atoms with Gasteiger partial charge in [-0.2, -0.15) is 0 Å². The van der Waals surface area contributed by atoms with Gasteiger partial charge >= 0.3 is 5.97 Å². The van der Waals surface area contributed by atoms with Crippen molar-refractivity contribution in [2.24, 2.45) is 0 Å². The third kappa shape index (κ3) is 3.35. The molecule has 1 fully saturated rings. The highest BCUT2D eigenvalue weighted by Crippen LogP contribution is 2.32. The summed E-state index contributed by atoms with van der Waals surface area (Å²) < 4.78 is 16.6. The van der Waals surface area contributed by atoms with E-state index in [4.69, 9.17) is 30.6 Å². The smallest absolute Gasteiger partial charge is 0.371 e. The summed E-state index contributed by atoms with van der Waals surface area (Å²) >= 11 is 5.98. The number of ether oxygens (including phenoxy) is 2. The Balaban J connectivity index is 1.69. The first kappa shape index (κ1) is 14.7. The van der Waals surface area contributed by atoms with Crippen LogP contribution in [0.15, 0.2) is 34.7 Å². The van der Waals surface area contributed by atoms with E-state index in [2.05, 4.69) is 5.32 Å². The zero-order valence-electron chi connectivity index (χ0n) is 11.5. The molecule has 0 atom stereocenters. The minimum Gasteiger partial charge on any atom is -0.484 e. The highest BCUT2D eigenvalue weighted by Gasteiger charge is 2.20. The average Bonchev–Trinajstić information content (AvgIpc) is 2.91. The van der Waals surface area contributed by atoms with Crippen LogP contribution in [0.25, 0.3) is 0 Å². The Kier molecular flexibility index (Phi) is 4.22. The number of hydrogen-bond donors (Lipinski definition) is 2. The summed E-state index contributed by atoms with van der Waals surface area (Å²) in [6.45, 7) is 1.67. The lowest BCUT2D eigenvalue weighted by molar-refractivity contribution is 0.0657. The molecule has 116 valence electrons. The van der Waals surface area contributed by atoms with Gasteiger partial charge in [0.25, 0.3) is 0 Å². The van der Waals surface area contributed by atoms with Crippen LogP contribution in [-0.2, 0) is 6.61 Å². The van der Waals surface area contributed by atoms with E-state index >= 15 is 0 Å². The summed E-state index contributed by atoms with van der Waals surface area (Å²) in [5.74, 6) is 0.281. The monoisotopic (exact) mass is 323 g/mol. The Hall–Kier alpha value is -2.18. The number of rotatable bonds is 6. The second kappa shape index (κ2) is 6.29. The van der Waals surface area contributed by atoms with E-state index in [1.165, 1.54) is 6.07 Å². The molecule has 0 bridgehead atoms. The van der Waals surface area contributed by atoms with Crippen molar-refractivity contribution in [3.05, 3.63) is 46.9 Å². The number of carboxylic acids is 1. The summed E-state index contributed by atoms with van der Waals surface area (Å²) in [5, 5.41) is 12.5. The Bertz CT molecular complexity index is 680. The molecule has 1 aromatic carbocycles. The maximum Gasteiger partial charge on any atom is 0.371 e. The van der Waals surface area contributed by atoms with Gasteiger partial charge in [-0.3, -0.25) is 0 Å². The third-order valence-corrected chi connectivity index (χ3v) is 3.42. The number of aromatic carboxylic acids is 1. The van der Waals surface area contributed by atoms with Crippen molar-refractivity contribution in [2.45, 2.75) is 12.7 Å². The minimum atomic E-state index is -1.11. The molecular weight excluding hydrogens is 310 g/mol. The number of nitrogens with one attached hydrogen (secondary N) is 1. The van der Waals surface area contributed by atoms with E-state index in [0.29, 0.717) is 22.3 Å². The molecule has 7 heteroatoms. The average molecular weight is 324 g/mol. The maximum atomic E-state index is 10.8. The first-order chi connectivity index (χ1) is 10.6.